The zero-order chi connectivity index (χ0) is 10.6. The van der Waals surface area contributed by atoms with Gasteiger partial charge in [-0.15, -0.1) is 0 Å². The van der Waals surface area contributed by atoms with E-state index in [2.05, 4.69) is 26.1 Å². The van der Waals surface area contributed by atoms with Crippen LogP contribution in [0.4, 0.5) is 0 Å². The summed E-state index contributed by atoms with van der Waals surface area (Å²) < 4.78 is 0. The third-order valence-corrected chi connectivity index (χ3v) is 3.90. The highest BCUT2D eigenvalue weighted by Crippen LogP contribution is 2.48. The van der Waals surface area contributed by atoms with Crippen LogP contribution in [0.15, 0.2) is 0 Å². The smallest absolute Gasteiger partial charge is 0.0436 e. The van der Waals surface area contributed by atoms with Crippen LogP contribution in [-0.2, 0) is 0 Å². The Balaban J connectivity index is 2.19. The molecule has 2 unspecified atom stereocenters. The lowest BCUT2D eigenvalue weighted by Gasteiger charge is -2.23. The fourth-order valence-electron chi connectivity index (χ4n) is 1.86. The lowest BCUT2D eigenvalue weighted by Crippen LogP contribution is -2.36. The molecule has 0 aromatic carbocycles. The first kappa shape index (κ1) is 12.0. The summed E-state index contributed by atoms with van der Waals surface area (Å²) >= 11 is 0. The molecule has 0 amide bonds. The molecule has 0 saturated heterocycles. The van der Waals surface area contributed by atoms with E-state index in [1.165, 1.54) is 19.3 Å². The number of aliphatic hydroxyl groups excluding tert-OH is 1. The topological polar surface area (TPSA) is 32.3 Å². The minimum Gasteiger partial charge on any atom is -0.396 e. The number of nitrogens with one attached hydrogen (secondary N) is 1. The van der Waals surface area contributed by atoms with Gasteiger partial charge < -0.3 is 10.4 Å². The van der Waals surface area contributed by atoms with Gasteiger partial charge in [-0.2, -0.15) is 0 Å². The van der Waals surface area contributed by atoms with Crippen LogP contribution < -0.4 is 5.32 Å². The number of rotatable bonds is 7. The first-order chi connectivity index (χ1) is 6.63. The number of hydrogen-bond acceptors (Lipinski definition) is 2. The van der Waals surface area contributed by atoms with Crippen molar-refractivity contribution in [2.75, 3.05) is 13.2 Å². The van der Waals surface area contributed by atoms with Crippen LogP contribution in [0.2, 0.25) is 0 Å². The highest BCUT2D eigenvalue weighted by molar-refractivity contribution is 4.95. The minimum atomic E-state index is 0.347. The molecule has 2 N–H and O–H groups in total. The lowest BCUT2D eigenvalue weighted by atomic mass is 9.98. The largest absolute Gasteiger partial charge is 0.396 e. The molecule has 1 aliphatic carbocycles. The monoisotopic (exact) mass is 199 g/mol. The fraction of sp³-hybridized carbons (Fsp3) is 1.00. The van der Waals surface area contributed by atoms with Crippen molar-refractivity contribution < 1.29 is 5.11 Å². The van der Waals surface area contributed by atoms with Crippen LogP contribution in [0.25, 0.3) is 0 Å². The quantitative estimate of drug-likeness (QED) is 0.658. The molecule has 1 saturated carbocycles. The summed E-state index contributed by atoms with van der Waals surface area (Å²) in [7, 11) is 0. The van der Waals surface area contributed by atoms with Gasteiger partial charge in [0.25, 0.3) is 0 Å². The summed E-state index contributed by atoms with van der Waals surface area (Å²) in [5.74, 6) is 0.750. The van der Waals surface area contributed by atoms with Crippen molar-refractivity contribution >= 4 is 0 Å². The molecule has 0 aromatic heterocycles. The summed E-state index contributed by atoms with van der Waals surface area (Å²) in [5.41, 5.74) is 0.455. The van der Waals surface area contributed by atoms with E-state index in [1.54, 1.807) is 0 Å². The summed E-state index contributed by atoms with van der Waals surface area (Å²) in [6.45, 7) is 8.24. The molecular weight excluding hydrogens is 174 g/mol. The van der Waals surface area contributed by atoms with Crippen molar-refractivity contribution in [3.63, 3.8) is 0 Å². The number of hydrogen-bond donors (Lipinski definition) is 2. The van der Waals surface area contributed by atoms with Gasteiger partial charge in [-0.25, -0.2) is 0 Å². The van der Waals surface area contributed by atoms with E-state index in [1.807, 2.05) is 0 Å². The van der Waals surface area contributed by atoms with E-state index in [4.69, 9.17) is 5.11 Å². The predicted octanol–water partition coefficient (Wildman–Crippen LogP) is 2.17. The average molecular weight is 199 g/mol. The van der Waals surface area contributed by atoms with Crippen LogP contribution in [0.5, 0.6) is 0 Å². The summed E-state index contributed by atoms with van der Waals surface area (Å²) in [6.07, 6.45) is 4.82. The van der Waals surface area contributed by atoms with Gasteiger partial charge in [0.15, 0.2) is 0 Å². The van der Waals surface area contributed by atoms with E-state index in [9.17, 15) is 0 Å². The molecule has 0 spiro atoms. The first-order valence-corrected chi connectivity index (χ1v) is 5.98. The van der Waals surface area contributed by atoms with E-state index in [0.717, 1.165) is 18.9 Å². The molecule has 0 aliphatic heterocycles. The Bertz CT molecular complexity index is 166. The van der Waals surface area contributed by atoms with Gasteiger partial charge in [0.05, 0.1) is 0 Å². The van der Waals surface area contributed by atoms with Crippen LogP contribution >= 0.6 is 0 Å². The maximum absolute atomic E-state index is 8.93. The normalized spacial score (nSPS) is 23.1. The molecule has 2 heteroatoms. The number of aliphatic hydroxyl groups is 1. The van der Waals surface area contributed by atoms with Crippen LogP contribution in [0.1, 0.15) is 46.5 Å². The minimum absolute atomic E-state index is 0.347. The highest BCUT2D eigenvalue weighted by atomic mass is 16.3. The molecule has 0 bridgehead atoms. The van der Waals surface area contributed by atoms with Gasteiger partial charge in [0, 0.05) is 19.2 Å². The zero-order valence-electron chi connectivity index (χ0n) is 9.84. The Morgan fingerprint density at radius 2 is 2.00 bits per heavy atom. The molecule has 1 rings (SSSR count). The lowest BCUT2D eigenvalue weighted by molar-refractivity contribution is 0.238. The molecule has 0 heterocycles. The van der Waals surface area contributed by atoms with Gasteiger partial charge in [-0.05, 0) is 37.5 Å². The van der Waals surface area contributed by atoms with Crippen molar-refractivity contribution in [1.82, 2.24) is 5.32 Å². The Morgan fingerprint density at radius 3 is 2.43 bits per heavy atom. The Labute approximate surface area is 88.1 Å². The molecule has 84 valence electrons. The third kappa shape index (κ3) is 3.25. The van der Waals surface area contributed by atoms with Gasteiger partial charge >= 0.3 is 0 Å². The Morgan fingerprint density at radius 1 is 1.36 bits per heavy atom. The van der Waals surface area contributed by atoms with E-state index in [0.29, 0.717) is 18.1 Å². The average Bonchev–Trinajstić information content (AvgIpc) is 2.94. The van der Waals surface area contributed by atoms with Crippen molar-refractivity contribution in [3.05, 3.63) is 0 Å². The molecular formula is C12H25NO. The van der Waals surface area contributed by atoms with Crippen molar-refractivity contribution in [2.24, 2.45) is 11.3 Å². The SMILES string of the molecule is CCC(C)C(C)NCC1(CCO)CC1. The summed E-state index contributed by atoms with van der Waals surface area (Å²) in [4.78, 5) is 0. The van der Waals surface area contributed by atoms with Crippen LogP contribution in [0.3, 0.4) is 0 Å². The van der Waals surface area contributed by atoms with Crippen LogP contribution in [0, 0.1) is 11.3 Å². The Kier molecular flexibility index (Phi) is 4.39. The van der Waals surface area contributed by atoms with Gasteiger partial charge in [0.1, 0.15) is 0 Å². The second kappa shape index (κ2) is 5.13. The standard InChI is InChI=1S/C12H25NO/c1-4-10(2)11(3)13-9-12(5-6-12)7-8-14/h10-11,13-14H,4-9H2,1-3H3. The first-order valence-electron chi connectivity index (χ1n) is 5.98. The molecule has 1 aliphatic rings. The summed E-state index contributed by atoms with van der Waals surface area (Å²) in [6, 6.07) is 0.608. The fourth-order valence-corrected chi connectivity index (χ4v) is 1.86. The van der Waals surface area contributed by atoms with Crippen LogP contribution in [-0.4, -0.2) is 24.3 Å². The third-order valence-electron chi connectivity index (χ3n) is 3.90. The van der Waals surface area contributed by atoms with Gasteiger partial charge in [0.2, 0.25) is 0 Å². The van der Waals surface area contributed by atoms with E-state index >= 15 is 0 Å². The van der Waals surface area contributed by atoms with E-state index < -0.39 is 0 Å². The van der Waals surface area contributed by atoms with Crippen molar-refractivity contribution in [1.29, 1.82) is 0 Å². The molecule has 0 radical (unpaired) electrons. The Hall–Kier alpha value is -0.0800. The van der Waals surface area contributed by atoms with Gasteiger partial charge in [-0.3, -0.25) is 0 Å². The molecule has 1 fully saturated rings. The maximum atomic E-state index is 8.93. The maximum Gasteiger partial charge on any atom is 0.0436 e. The zero-order valence-corrected chi connectivity index (χ0v) is 9.84. The van der Waals surface area contributed by atoms with Crippen molar-refractivity contribution in [3.8, 4) is 0 Å². The molecule has 2 atom stereocenters. The van der Waals surface area contributed by atoms with Crippen molar-refractivity contribution in [2.45, 2.75) is 52.5 Å². The predicted molar refractivity (Wildman–Crippen MR) is 60.3 cm³/mol. The highest BCUT2D eigenvalue weighted by Gasteiger charge is 2.41. The molecule has 0 aromatic rings. The summed E-state index contributed by atoms with van der Waals surface area (Å²) in [5, 5.41) is 12.5. The van der Waals surface area contributed by atoms with Gasteiger partial charge in [-0.1, -0.05) is 20.3 Å². The second-order valence-corrected chi connectivity index (χ2v) is 5.03. The molecule has 2 nitrogen and oxygen atoms in total. The second-order valence-electron chi connectivity index (χ2n) is 5.03. The molecule has 14 heavy (non-hydrogen) atoms. The van der Waals surface area contributed by atoms with E-state index in [-0.39, 0.29) is 0 Å².